The van der Waals surface area contributed by atoms with Crippen molar-refractivity contribution in [3.8, 4) is 0 Å². The smallest absolute Gasteiger partial charge is 0.393 e. The van der Waals surface area contributed by atoms with E-state index in [2.05, 4.69) is 0 Å². The van der Waals surface area contributed by atoms with Crippen LogP contribution in [0.5, 0.6) is 0 Å². The fourth-order valence-corrected chi connectivity index (χ4v) is 1.21. The molecule has 0 amide bonds. The van der Waals surface area contributed by atoms with Crippen LogP contribution in [-0.2, 0) is 0 Å². The molecular weight excluding hydrogens is 315 g/mol. The third-order valence-electron chi connectivity index (χ3n) is 2.34. The lowest BCUT2D eigenvalue weighted by atomic mass is 9.92. The van der Waals surface area contributed by atoms with E-state index in [1.807, 2.05) is 0 Å². The van der Waals surface area contributed by atoms with E-state index in [1.165, 1.54) is 0 Å². The van der Waals surface area contributed by atoms with E-state index in [-0.39, 0.29) is 0 Å². The van der Waals surface area contributed by atoms with Gasteiger partial charge in [0.1, 0.15) is 0 Å². The van der Waals surface area contributed by atoms with Crippen LogP contribution in [0.3, 0.4) is 0 Å². The predicted molar refractivity (Wildman–Crippen MR) is 44.4 cm³/mol. The summed E-state index contributed by atoms with van der Waals surface area (Å²) in [4.78, 5) is 0. The van der Waals surface area contributed by atoms with E-state index >= 15 is 0 Å². The molecule has 0 aliphatic rings. The van der Waals surface area contributed by atoms with Gasteiger partial charge in [-0.15, -0.1) is 0 Å². The second-order valence-electron chi connectivity index (χ2n) is 4.01. The Morgan fingerprint density at radius 2 is 1.10 bits per heavy atom. The Morgan fingerprint density at radius 3 is 1.35 bits per heavy atom. The molecule has 2 unspecified atom stereocenters. The van der Waals surface area contributed by atoms with Crippen molar-refractivity contribution in [1.82, 2.24) is 0 Å². The van der Waals surface area contributed by atoms with Gasteiger partial charge in [-0.3, -0.25) is 0 Å². The molecule has 0 aliphatic carbocycles. The third-order valence-corrected chi connectivity index (χ3v) is 2.34. The van der Waals surface area contributed by atoms with Gasteiger partial charge in [0.25, 0.3) is 5.60 Å². The van der Waals surface area contributed by atoms with Gasteiger partial charge in [0.15, 0.2) is 6.10 Å². The zero-order chi connectivity index (χ0) is 16.6. The highest BCUT2D eigenvalue weighted by Gasteiger charge is 2.70. The monoisotopic (exact) mass is 324 g/mol. The van der Waals surface area contributed by atoms with Gasteiger partial charge >= 0.3 is 18.5 Å². The maximum Gasteiger partial charge on any atom is 0.426 e. The highest BCUT2D eigenvalue weighted by atomic mass is 19.4. The SMILES string of the molecule is OC(CC(O)C(F)(F)F)CC(O)(C(F)(F)F)C(F)(F)F. The van der Waals surface area contributed by atoms with Gasteiger partial charge in [-0.1, -0.05) is 0 Å². The number of aliphatic hydroxyl groups is 3. The lowest BCUT2D eigenvalue weighted by Gasteiger charge is -2.34. The van der Waals surface area contributed by atoms with Crippen molar-refractivity contribution in [2.24, 2.45) is 0 Å². The number of hydrogen-bond acceptors (Lipinski definition) is 3. The van der Waals surface area contributed by atoms with E-state index in [0.29, 0.717) is 0 Å². The first kappa shape index (κ1) is 19.2. The van der Waals surface area contributed by atoms with Crippen molar-refractivity contribution in [1.29, 1.82) is 0 Å². The molecule has 12 heteroatoms. The van der Waals surface area contributed by atoms with E-state index in [9.17, 15) is 39.5 Å². The van der Waals surface area contributed by atoms with Crippen molar-refractivity contribution < 1.29 is 54.8 Å². The first-order valence-corrected chi connectivity index (χ1v) is 4.81. The maximum atomic E-state index is 12.2. The second kappa shape index (κ2) is 5.56. The van der Waals surface area contributed by atoms with Gasteiger partial charge in [0.2, 0.25) is 0 Å². The van der Waals surface area contributed by atoms with Crippen molar-refractivity contribution >= 4 is 0 Å². The summed E-state index contributed by atoms with van der Waals surface area (Å²) in [5.74, 6) is 0. The standard InChI is InChI=1S/C8H9F9O3/c9-6(10,11)4(19)1-3(18)2-5(20,7(12,13)14)8(15,16)17/h3-4,18-20H,1-2H2. The molecule has 2 atom stereocenters. The van der Waals surface area contributed by atoms with Gasteiger partial charge in [-0.05, 0) is 0 Å². The van der Waals surface area contributed by atoms with Gasteiger partial charge in [0.05, 0.1) is 6.10 Å². The van der Waals surface area contributed by atoms with Crippen LogP contribution in [0.2, 0.25) is 0 Å². The molecule has 0 aromatic carbocycles. The molecule has 0 aromatic rings. The zero-order valence-corrected chi connectivity index (χ0v) is 9.31. The molecule has 0 aromatic heterocycles. The van der Waals surface area contributed by atoms with Crippen molar-refractivity contribution in [3.05, 3.63) is 0 Å². The minimum Gasteiger partial charge on any atom is -0.393 e. The summed E-state index contributed by atoms with van der Waals surface area (Å²) in [7, 11) is 0. The quantitative estimate of drug-likeness (QED) is 0.693. The molecule has 0 bridgehead atoms. The Morgan fingerprint density at radius 1 is 0.750 bits per heavy atom. The fourth-order valence-electron chi connectivity index (χ4n) is 1.21. The minimum absolute atomic E-state index is 1.84. The summed E-state index contributed by atoms with van der Waals surface area (Å²) in [5.41, 5.74) is -5.37. The molecule has 0 aliphatic heterocycles. The Kier molecular flexibility index (Phi) is 5.35. The summed E-state index contributed by atoms with van der Waals surface area (Å²) in [6.45, 7) is 0. The van der Waals surface area contributed by atoms with Crippen molar-refractivity contribution in [2.75, 3.05) is 0 Å². The summed E-state index contributed by atoms with van der Waals surface area (Å²) >= 11 is 0. The molecule has 0 heterocycles. The average molecular weight is 324 g/mol. The Balaban J connectivity index is 5.05. The largest absolute Gasteiger partial charge is 0.426 e. The first-order chi connectivity index (χ1) is 8.52. The van der Waals surface area contributed by atoms with E-state index < -0.39 is 49.2 Å². The maximum absolute atomic E-state index is 12.2. The highest BCUT2D eigenvalue weighted by molar-refractivity contribution is 4.96. The van der Waals surface area contributed by atoms with E-state index in [0.717, 1.165) is 0 Å². The molecule has 3 N–H and O–H groups in total. The van der Waals surface area contributed by atoms with Crippen LogP contribution < -0.4 is 0 Å². The second-order valence-corrected chi connectivity index (χ2v) is 4.01. The topological polar surface area (TPSA) is 60.7 Å². The van der Waals surface area contributed by atoms with E-state index in [4.69, 9.17) is 15.3 Å². The Labute approximate surface area is 105 Å². The Hall–Kier alpha value is -0.750. The number of alkyl halides is 9. The van der Waals surface area contributed by atoms with Crippen LogP contribution in [0.25, 0.3) is 0 Å². The van der Waals surface area contributed by atoms with E-state index in [1.54, 1.807) is 0 Å². The van der Waals surface area contributed by atoms with Crippen LogP contribution in [0.15, 0.2) is 0 Å². The first-order valence-electron chi connectivity index (χ1n) is 4.81. The molecule has 0 radical (unpaired) electrons. The number of rotatable bonds is 4. The van der Waals surface area contributed by atoms with Crippen LogP contribution in [0.4, 0.5) is 39.5 Å². The average Bonchev–Trinajstić information content (AvgIpc) is 2.11. The van der Waals surface area contributed by atoms with Crippen LogP contribution in [0.1, 0.15) is 12.8 Å². The molecule has 0 spiro atoms. The zero-order valence-electron chi connectivity index (χ0n) is 9.31. The normalized spacial score (nSPS) is 18.0. The molecule has 20 heavy (non-hydrogen) atoms. The van der Waals surface area contributed by atoms with Crippen molar-refractivity contribution in [3.63, 3.8) is 0 Å². The lowest BCUT2D eigenvalue weighted by Crippen LogP contribution is -2.58. The number of aliphatic hydroxyl groups excluding tert-OH is 2. The third kappa shape index (κ3) is 4.38. The van der Waals surface area contributed by atoms with Gasteiger partial charge in [-0.25, -0.2) is 0 Å². The van der Waals surface area contributed by atoms with Crippen molar-refractivity contribution in [2.45, 2.75) is 49.2 Å². The minimum atomic E-state index is -6.25. The lowest BCUT2D eigenvalue weighted by molar-refractivity contribution is -0.374. The summed E-state index contributed by atoms with van der Waals surface area (Å²) in [6, 6.07) is 0. The molecule has 0 rings (SSSR count). The predicted octanol–water partition coefficient (Wildman–Crippen LogP) is 1.91. The Bertz CT molecular complexity index is 305. The number of halogens is 9. The van der Waals surface area contributed by atoms with Crippen LogP contribution >= 0.6 is 0 Å². The molecule has 122 valence electrons. The van der Waals surface area contributed by atoms with Gasteiger partial charge in [0, 0.05) is 12.8 Å². The molecule has 0 fully saturated rings. The summed E-state index contributed by atoms with van der Waals surface area (Å²) < 4.78 is 109. The molecule has 3 nitrogen and oxygen atoms in total. The van der Waals surface area contributed by atoms with Crippen LogP contribution in [0, 0.1) is 0 Å². The molecule has 0 saturated heterocycles. The molecule has 0 saturated carbocycles. The summed E-state index contributed by atoms with van der Waals surface area (Å²) in [5, 5.41) is 25.9. The number of hydrogen-bond donors (Lipinski definition) is 3. The van der Waals surface area contributed by atoms with Gasteiger partial charge < -0.3 is 15.3 Å². The molecular formula is C8H9F9O3. The fraction of sp³-hybridized carbons (Fsp3) is 1.00. The summed E-state index contributed by atoms with van der Waals surface area (Å²) in [6.07, 6.45) is -28.3. The highest BCUT2D eigenvalue weighted by Crippen LogP contribution is 2.46. The van der Waals surface area contributed by atoms with Crippen LogP contribution in [-0.4, -0.2) is 51.7 Å². The van der Waals surface area contributed by atoms with Gasteiger partial charge in [-0.2, -0.15) is 39.5 Å².